The summed E-state index contributed by atoms with van der Waals surface area (Å²) in [7, 11) is 0. The summed E-state index contributed by atoms with van der Waals surface area (Å²) >= 11 is 0. The van der Waals surface area contributed by atoms with Crippen LogP contribution in [-0.4, -0.2) is 35.7 Å². The molecule has 1 aromatic heterocycles. The van der Waals surface area contributed by atoms with Crippen molar-refractivity contribution >= 4 is 5.97 Å². The normalized spacial score (nSPS) is 12.3. The van der Waals surface area contributed by atoms with Crippen LogP contribution in [0.1, 0.15) is 36.8 Å². The maximum absolute atomic E-state index is 12.1. The van der Waals surface area contributed by atoms with E-state index in [2.05, 4.69) is 17.1 Å². The molecule has 1 heterocycles. The van der Waals surface area contributed by atoms with Gasteiger partial charge in [0.05, 0.1) is 19.6 Å². The SMILES string of the molecule is CCOC(=O)CC(Cc1ccc(OCCCN=c2ccccn2O)cc1)c1ccccc1. The number of carbonyl (C=O) groups is 1. The largest absolute Gasteiger partial charge is 0.494 e. The first-order chi connectivity index (χ1) is 15.7. The molecule has 0 amide bonds. The molecule has 32 heavy (non-hydrogen) atoms. The lowest BCUT2D eigenvalue weighted by Gasteiger charge is -2.17. The summed E-state index contributed by atoms with van der Waals surface area (Å²) in [5, 5.41) is 9.65. The van der Waals surface area contributed by atoms with Crippen LogP contribution in [0, 0.1) is 0 Å². The standard InChI is InChI=1S/C26H30N2O4/c1-2-31-26(29)20-23(22-9-4-3-5-10-22)19-21-12-14-24(15-13-21)32-18-8-16-27-25-11-6-7-17-28(25)30/h3-7,9-15,17,23,30H,2,8,16,18-20H2,1H3. The van der Waals surface area contributed by atoms with Crippen molar-refractivity contribution in [2.75, 3.05) is 19.8 Å². The summed E-state index contributed by atoms with van der Waals surface area (Å²) < 4.78 is 12.0. The molecule has 6 heteroatoms. The van der Waals surface area contributed by atoms with Crippen molar-refractivity contribution in [1.29, 1.82) is 0 Å². The minimum atomic E-state index is -0.172. The van der Waals surface area contributed by atoms with E-state index in [-0.39, 0.29) is 11.9 Å². The fourth-order valence-electron chi connectivity index (χ4n) is 3.46. The van der Waals surface area contributed by atoms with Gasteiger partial charge in [0.2, 0.25) is 0 Å². The first-order valence-electron chi connectivity index (χ1n) is 11.0. The molecule has 6 nitrogen and oxygen atoms in total. The molecule has 0 saturated carbocycles. The Balaban J connectivity index is 1.52. The summed E-state index contributed by atoms with van der Waals surface area (Å²) in [6.45, 7) is 3.32. The zero-order valence-electron chi connectivity index (χ0n) is 18.4. The van der Waals surface area contributed by atoms with Crippen LogP contribution in [0.5, 0.6) is 5.75 Å². The quantitative estimate of drug-likeness (QED) is 0.276. The molecule has 0 saturated heterocycles. The molecule has 3 aromatic rings. The molecule has 0 aliphatic heterocycles. The molecule has 168 valence electrons. The Morgan fingerprint density at radius 2 is 1.78 bits per heavy atom. The van der Waals surface area contributed by atoms with Gasteiger partial charge in [0.15, 0.2) is 5.49 Å². The van der Waals surface area contributed by atoms with Crippen LogP contribution in [0.3, 0.4) is 0 Å². The average Bonchev–Trinajstić information content (AvgIpc) is 2.81. The summed E-state index contributed by atoms with van der Waals surface area (Å²) in [6, 6.07) is 23.4. The summed E-state index contributed by atoms with van der Waals surface area (Å²) in [4.78, 5) is 16.4. The Morgan fingerprint density at radius 3 is 2.50 bits per heavy atom. The van der Waals surface area contributed by atoms with Crippen molar-refractivity contribution in [3.8, 4) is 5.75 Å². The molecular formula is C26H30N2O4. The van der Waals surface area contributed by atoms with Crippen LogP contribution >= 0.6 is 0 Å². The van der Waals surface area contributed by atoms with Gasteiger partial charge in [-0.3, -0.25) is 9.79 Å². The first-order valence-corrected chi connectivity index (χ1v) is 11.0. The molecule has 0 spiro atoms. The number of esters is 1. The van der Waals surface area contributed by atoms with Crippen molar-refractivity contribution in [2.45, 2.75) is 32.1 Å². The fraction of sp³-hybridized carbons (Fsp3) is 0.308. The number of benzene rings is 2. The van der Waals surface area contributed by atoms with Gasteiger partial charge in [-0.15, -0.1) is 0 Å². The van der Waals surface area contributed by atoms with E-state index in [1.165, 1.54) is 0 Å². The van der Waals surface area contributed by atoms with Gasteiger partial charge in [-0.05, 0) is 54.7 Å². The zero-order valence-corrected chi connectivity index (χ0v) is 18.4. The van der Waals surface area contributed by atoms with Crippen LogP contribution in [0.2, 0.25) is 0 Å². The number of pyridine rings is 1. The van der Waals surface area contributed by atoms with Crippen LogP contribution < -0.4 is 10.2 Å². The lowest BCUT2D eigenvalue weighted by Crippen LogP contribution is -2.17. The van der Waals surface area contributed by atoms with Crippen molar-refractivity contribution in [3.63, 3.8) is 0 Å². The molecule has 0 radical (unpaired) electrons. The molecule has 1 unspecified atom stereocenters. The highest BCUT2D eigenvalue weighted by Gasteiger charge is 2.17. The van der Waals surface area contributed by atoms with Gasteiger partial charge in [0.25, 0.3) is 0 Å². The van der Waals surface area contributed by atoms with E-state index in [9.17, 15) is 10.0 Å². The number of hydrogen-bond acceptors (Lipinski definition) is 5. The smallest absolute Gasteiger partial charge is 0.306 e. The highest BCUT2D eigenvalue weighted by atomic mass is 16.5. The molecule has 0 aliphatic rings. The van der Waals surface area contributed by atoms with E-state index >= 15 is 0 Å². The number of hydrogen-bond donors (Lipinski definition) is 1. The van der Waals surface area contributed by atoms with E-state index in [0.29, 0.717) is 31.7 Å². The molecule has 0 aliphatic carbocycles. The maximum atomic E-state index is 12.1. The fourth-order valence-corrected chi connectivity index (χ4v) is 3.46. The molecule has 1 N–H and O–H groups in total. The van der Waals surface area contributed by atoms with Crippen LogP contribution in [0.15, 0.2) is 84.0 Å². The zero-order chi connectivity index (χ0) is 22.6. The number of aromatic nitrogens is 1. The molecule has 3 rings (SSSR count). The number of ether oxygens (including phenoxy) is 2. The Hall–Kier alpha value is -3.54. The van der Waals surface area contributed by atoms with Crippen LogP contribution in [0.4, 0.5) is 0 Å². The second kappa shape index (κ2) is 12.3. The van der Waals surface area contributed by atoms with E-state index in [0.717, 1.165) is 34.4 Å². The van der Waals surface area contributed by atoms with Crippen molar-refractivity contribution in [1.82, 2.24) is 4.73 Å². The minimum absolute atomic E-state index is 0.0657. The Bertz CT molecular complexity index is 1030. The molecule has 0 fully saturated rings. The van der Waals surface area contributed by atoms with E-state index in [1.807, 2.05) is 55.5 Å². The third-order valence-electron chi connectivity index (χ3n) is 5.06. The molecule has 1 atom stereocenters. The highest BCUT2D eigenvalue weighted by molar-refractivity contribution is 5.70. The second-order valence-corrected chi connectivity index (χ2v) is 7.45. The number of carbonyl (C=O) groups excluding carboxylic acids is 1. The lowest BCUT2D eigenvalue weighted by molar-refractivity contribution is -0.143. The van der Waals surface area contributed by atoms with Crippen molar-refractivity contribution in [3.05, 3.63) is 95.6 Å². The van der Waals surface area contributed by atoms with E-state index in [1.54, 1.807) is 18.3 Å². The Labute approximate surface area is 188 Å². The summed E-state index contributed by atoms with van der Waals surface area (Å²) in [5.41, 5.74) is 2.79. The Morgan fingerprint density at radius 1 is 1.03 bits per heavy atom. The average molecular weight is 435 g/mol. The Kier molecular flexibility index (Phi) is 8.92. The maximum Gasteiger partial charge on any atom is 0.306 e. The molecule has 2 aromatic carbocycles. The van der Waals surface area contributed by atoms with Gasteiger partial charge >= 0.3 is 5.97 Å². The molecular weight excluding hydrogens is 404 g/mol. The van der Waals surface area contributed by atoms with E-state index < -0.39 is 0 Å². The van der Waals surface area contributed by atoms with Crippen molar-refractivity contribution < 1.29 is 19.5 Å². The minimum Gasteiger partial charge on any atom is -0.494 e. The predicted octanol–water partition coefficient (Wildman–Crippen LogP) is 4.37. The number of nitrogens with zero attached hydrogens (tertiary/aromatic N) is 2. The third kappa shape index (κ3) is 7.30. The predicted molar refractivity (Wildman–Crippen MR) is 123 cm³/mol. The van der Waals surface area contributed by atoms with Gasteiger partial charge < -0.3 is 14.7 Å². The first kappa shape index (κ1) is 23.1. The highest BCUT2D eigenvalue weighted by Crippen LogP contribution is 2.26. The summed E-state index contributed by atoms with van der Waals surface area (Å²) in [6.07, 6.45) is 3.40. The summed E-state index contributed by atoms with van der Waals surface area (Å²) in [5.74, 6) is 0.692. The van der Waals surface area contributed by atoms with Crippen molar-refractivity contribution in [2.24, 2.45) is 4.99 Å². The van der Waals surface area contributed by atoms with Gasteiger partial charge in [0, 0.05) is 19.2 Å². The molecule has 0 bridgehead atoms. The van der Waals surface area contributed by atoms with Gasteiger partial charge in [-0.2, -0.15) is 4.73 Å². The van der Waals surface area contributed by atoms with Gasteiger partial charge in [0.1, 0.15) is 5.75 Å². The second-order valence-electron chi connectivity index (χ2n) is 7.45. The third-order valence-corrected chi connectivity index (χ3v) is 5.06. The lowest BCUT2D eigenvalue weighted by atomic mass is 9.89. The van der Waals surface area contributed by atoms with E-state index in [4.69, 9.17) is 9.47 Å². The number of rotatable bonds is 11. The topological polar surface area (TPSA) is 73.0 Å². The monoisotopic (exact) mass is 434 g/mol. The van der Waals surface area contributed by atoms with Gasteiger partial charge in [-0.1, -0.05) is 48.5 Å². The van der Waals surface area contributed by atoms with Gasteiger partial charge in [-0.25, -0.2) is 0 Å². The van der Waals surface area contributed by atoms with Crippen LogP contribution in [-0.2, 0) is 16.0 Å². The van der Waals surface area contributed by atoms with Crippen LogP contribution in [0.25, 0.3) is 0 Å².